The first-order valence-corrected chi connectivity index (χ1v) is 5.14. The number of rotatable bonds is 4. The molecule has 1 aromatic rings. The van der Waals surface area contributed by atoms with Crippen molar-refractivity contribution in [2.24, 2.45) is 5.73 Å². The molecule has 2 nitrogen and oxygen atoms in total. The van der Waals surface area contributed by atoms with Gasteiger partial charge >= 0.3 is 0 Å². The Morgan fingerprint density at radius 3 is 2.36 bits per heavy atom. The molecule has 0 radical (unpaired) electrons. The van der Waals surface area contributed by atoms with E-state index in [0.717, 1.165) is 6.54 Å². The van der Waals surface area contributed by atoms with Gasteiger partial charge in [-0.1, -0.05) is 29.9 Å². The first kappa shape index (κ1) is 11.0. The van der Waals surface area contributed by atoms with Crippen LogP contribution >= 0.6 is 12.2 Å². The van der Waals surface area contributed by atoms with Gasteiger partial charge in [0.2, 0.25) is 0 Å². The summed E-state index contributed by atoms with van der Waals surface area (Å²) >= 11 is 4.90. The van der Waals surface area contributed by atoms with Crippen LogP contribution in [0, 0.1) is 6.92 Å². The molecule has 0 amide bonds. The van der Waals surface area contributed by atoms with Gasteiger partial charge in [-0.2, -0.15) is 0 Å². The molecule has 0 fully saturated rings. The lowest BCUT2D eigenvalue weighted by Gasteiger charge is -2.22. The van der Waals surface area contributed by atoms with Crippen molar-refractivity contribution in [3.05, 3.63) is 29.8 Å². The van der Waals surface area contributed by atoms with Crippen LogP contribution in [0.25, 0.3) is 0 Å². The molecule has 0 bridgehead atoms. The molecule has 3 heteroatoms. The molecule has 0 saturated heterocycles. The second kappa shape index (κ2) is 4.96. The minimum Gasteiger partial charge on any atom is -0.392 e. The molecule has 0 aromatic heterocycles. The Kier molecular flexibility index (Phi) is 3.89. The van der Waals surface area contributed by atoms with Crippen molar-refractivity contribution >= 4 is 22.9 Å². The van der Waals surface area contributed by atoms with Crippen molar-refractivity contribution in [2.75, 3.05) is 18.0 Å². The fourth-order valence-electron chi connectivity index (χ4n) is 1.33. The van der Waals surface area contributed by atoms with E-state index >= 15 is 0 Å². The topological polar surface area (TPSA) is 29.3 Å². The van der Waals surface area contributed by atoms with Crippen LogP contribution in [0.1, 0.15) is 12.5 Å². The van der Waals surface area contributed by atoms with Crippen LogP contribution in [0.5, 0.6) is 0 Å². The molecule has 0 aliphatic rings. The third-order valence-electron chi connectivity index (χ3n) is 2.13. The molecule has 0 atom stereocenters. The van der Waals surface area contributed by atoms with E-state index in [1.165, 1.54) is 11.3 Å². The number of likely N-dealkylation sites (N-methyl/N-ethyl adjacent to an activating group) is 1. The number of hydrogen-bond donors (Lipinski definition) is 1. The number of benzene rings is 1. The first-order valence-electron chi connectivity index (χ1n) is 4.73. The molecule has 14 heavy (non-hydrogen) atoms. The molecular weight excluding hydrogens is 192 g/mol. The summed E-state index contributed by atoms with van der Waals surface area (Å²) in [6, 6.07) is 8.38. The number of aryl methyl sites for hydroxylation is 1. The van der Waals surface area contributed by atoms with Crippen molar-refractivity contribution in [2.45, 2.75) is 13.8 Å². The zero-order chi connectivity index (χ0) is 10.6. The molecule has 2 N–H and O–H groups in total. The van der Waals surface area contributed by atoms with Crippen LogP contribution in [0.2, 0.25) is 0 Å². The van der Waals surface area contributed by atoms with Gasteiger partial charge in [-0.05, 0) is 26.0 Å². The summed E-state index contributed by atoms with van der Waals surface area (Å²) in [4.78, 5) is 2.69. The highest BCUT2D eigenvalue weighted by Crippen LogP contribution is 2.14. The Labute approximate surface area is 90.7 Å². The van der Waals surface area contributed by atoms with E-state index in [9.17, 15) is 0 Å². The average molecular weight is 208 g/mol. The fourth-order valence-corrected chi connectivity index (χ4v) is 1.49. The van der Waals surface area contributed by atoms with E-state index < -0.39 is 0 Å². The van der Waals surface area contributed by atoms with Gasteiger partial charge in [-0.25, -0.2) is 0 Å². The highest BCUT2D eigenvalue weighted by atomic mass is 32.1. The van der Waals surface area contributed by atoms with Crippen molar-refractivity contribution in [3.8, 4) is 0 Å². The SMILES string of the molecule is CCN(CC(N)=S)c1ccc(C)cc1. The average Bonchev–Trinajstić information content (AvgIpc) is 2.15. The normalized spacial score (nSPS) is 9.86. The van der Waals surface area contributed by atoms with E-state index in [4.69, 9.17) is 18.0 Å². The predicted molar refractivity (Wildman–Crippen MR) is 65.9 cm³/mol. The van der Waals surface area contributed by atoms with E-state index in [1.54, 1.807) is 0 Å². The number of nitrogens with two attached hydrogens (primary N) is 1. The van der Waals surface area contributed by atoms with Crippen molar-refractivity contribution in [1.29, 1.82) is 0 Å². The molecule has 76 valence electrons. The molecule has 0 spiro atoms. The summed E-state index contributed by atoms with van der Waals surface area (Å²) in [5, 5.41) is 0. The van der Waals surface area contributed by atoms with Crippen molar-refractivity contribution < 1.29 is 0 Å². The standard InChI is InChI=1S/C11H16N2S/c1-3-13(8-11(12)14)10-6-4-9(2)5-7-10/h4-7H,3,8H2,1-2H3,(H2,12,14). The van der Waals surface area contributed by atoms with E-state index in [2.05, 4.69) is 43.0 Å². The van der Waals surface area contributed by atoms with Crippen molar-refractivity contribution in [1.82, 2.24) is 0 Å². The molecule has 0 unspecified atom stereocenters. The van der Waals surface area contributed by atoms with E-state index in [1.807, 2.05) is 0 Å². The van der Waals surface area contributed by atoms with Crippen LogP contribution in [0.15, 0.2) is 24.3 Å². The highest BCUT2D eigenvalue weighted by Gasteiger charge is 2.04. The summed E-state index contributed by atoms with van der Waals surface area (Å²) in [6.45, 7) is 5.74. The van der Waals surface area contributed by atoms with Crippen LogP contribution in [0.3, 0.4) is 0 Å². The Hall–Kier alpha value is -1.09. The van der Waals surface area contributed by atoms with Gasteiger partial charge in [0.15, 0.2) is 0 Å². The molecule has 0 heterocycles. The minimum absolute atomic E-state index is 0.535. The monoisotopic (exact) mass is 208 g/mol. The molecule has 0 aliphatic carbocycles. The molecule has 1 rings (SSSR count). The van der Waals surface area contributed by atoms with E-state index in [-0.39, 0.29) is 0 Å². The van der Waals surface area contributed by atoms with Gasteiger partial charge in [0.05, 0.1) is 11.5 Å². The van der Waals surface area contributed by atoms with Gasteiger partial charge in [0.1, 0.15) is 0 Å². The second-order valence-electron chi connectivity index (χ2n) is 3.32. The lowest BCUT2D eigenvalue weighted by atomic mass is 10.2. The molecule has 1 aromatic carbocycles. The van der Waals surface area contributed by atoms with Gasteiger partial charge in [-0.3, -0.25) is 0 Å². The van der Waals surface area contributed by atoms with Crippen LogP contribution in [0.4, 0.5) is 5.69 Å². The lowest BCUT2D eigenvalue weighted by molar-refractivity contribution is 0.925. The smallest absolute Gasteiger partial charge is 0.0923 e. The summed E-state index contributed by atoms with van der Waals surface area (Å²) in [5.41, 5.74) is 7.96. The Morgan fingerprint density at radius 1 is 1.36 bits per heavy atom. The summed E-state index contributed by atoms with van der Waals surface area (Å²) < 4.78 is 0. The summed E-state index contributed by atoms with van der Waals surface area (Å²) in [5.74, 6) is 0. The number of hydrogen-bond acceptors (Lipinski definition) is 2. The van der Waals surface area contributed by atoms with Crippen molar-refractivity contribution in [3.63, 3.8) is 0 Å². The van der Waals surface area contributed by atoms with Crippen LogP contribution in [-0.2, 0) is 0 Å². The maximum atomic E-state index is 5.53. The number of nitrogens with zero attached hydrogens (tertiary/aromatic N) is 1. The first-order chi connectivity index (χ1) is 6.63. The quantitative estimate of drug-likeness (QED) is 0.768. The maximum absolute atomic E-state index is 5.53. The Balaban J connectivity index is 2.78. The van der Waals surface area contributed by atoms with Gasteiger partial charge < -0.3 is 10.6 Å². The largest absolute Gasteiger partial charge is 0.392 e. The van der Waals surface area contributed by atoms with Gasteiger partial charge in [0, 0.05) is 12.2 Å². The van der Waals surface area contributed by atoms with Crippen LogP contribution in [-0.4, -0.2) is 18.1 Å². The molecule has 0 saturated carbocycles. The Bertz CT molecular complexity index is 306. The van der Waals surface area contributed by atoms with E-state index in [0.29, 0.717) is 11.5 Å². The lowest BCUT2D eigenvalue weighted by Crippen LogP contribution is -2.32. The summed E-state index contributed by atoms with van der Waals surface area (Å²) in [6.07, 6.45) is 0. The summed E-state index contributed by atoms with van der Waals surface area (Å²) in [7, 11) is 0. The minimum atomic E-state index is 0.535. The highest BCUT2D eigenvalue weighted by molar-refractivity contribution is 7.80. The fraction of sp³-hybridized carbons (Fsp3) is 0.364. The zero-order valence-corrected chi connectivity index (χ0v) is 9.47. The molecule has 0 aliphatic heterocycles. The number of anilines is 1. The van der Waals surface area contributed by atoms with Crippen LogP contribution < -0.4 is 10.6 Å². The molecular formula is C11H16N2S. The zero-order valence-electron chi connectivity index (χ0n) is 8.66. The third-order valence-corrected chi connectivity index (χ3v) is 2.26. The Morgan fingerprint density at radius 2 is 1.93 bits per heavy atom. The second-order valence-corrected chi connectivity index (χ2v) is 3.84. The predicted octanol–water partition coefficient (Wildman–Crippen LogP) is 2.11. The number of thiocarbonyl (C=S) groups is 1. The van der Waals surface area contributed by atoms with Gasteiger partial charge in [-0.15, -0.1) is 0 Å². The maximum Gasteiger partial charge on any atom is 0.0923 e. The third kappa shape index (κ3) is 3.00. The van der Waals surface area contributed by atoms with Gasteiger partial charge in [0.25, 0.3) is 0 Å².